The molecule has 0 aliphatic rings. The van der Waals surface area contributed by atoms with Crippen LogP contribution in [0.1, 0.15) is 16.2 Å². The number of hydrogen-bond acceptors (Lipinski definition) is 5. The molecule has 2 N–H and O–H groups in total. The number of carbonyl (C=O) groups is 1. The monoisotopic (exact) mass is 312 g/mol. The first-order chi connectivity index (χ1) is 9.74. The highest BCUT2D eigenvalue weighted by molar-refractivity contribution is 7.92. The van der Waals surface area contributed by atoms with E-state index in [-0.39, 0.29) is 16.3 Å². The fourth-order valence-corrected chi connectivity index (χ4v) is 3.16. The van der Waals surface area contributed by atoms with Crippen molar-refractivity contribution in [2.45, 2.75) is 11.8 Å². The van der Waals surface area contributed by atoms with E-state index in [2.05, 4.69) is 20.2 Å². The number of sulfonamides is 1. The lowest BCUT2D eigenvalue weighted by atomic mass is 10.3. The first-order valence-electron chi connectivity index (χ1n) is 6.03. The third-order valence-electron chi connectivity index (χ3n) is 2.77. The van der Waals surface area contributed by atoms with Gasteiger partial charge in [0.05, 0.1) is 11.4 Å². The van der Waals surface area contributed by atoms with Crippen LogP contribution in [0.5, 0.6) is 0 Å². The number of amides is 1. The molecule has 2 aromatic rings. The van der Waals surface area contributed by atoms with Crippen LogP contribution in [-0.2, 0) is 24.1 Å². The molecule has 9 nitrogen and oxygen atoms in total. The van der Waals surface area contributed by atoms with Crippen molar-refractivity contribution in [2.75, 3.05) is 11.8 Å². The zero-order valence-electron chi connectivity index (χ0n) is 12.1. The maximum absolute atomic E-state index is 12.4. The van der Waals surface area contributed by atoms with E-state index in [0.717, 1.165) is 0 Å². The summed E-state index contributed by atoms with van der Waals surface area (Å²) in [4.78, 5) is 11.8. The van der Waals surface area contributed by atoms with Crippen molar-refractivity contribution in [2.24, 2.45) is 14.1 Å². The first-order valence-corrected chi connectivity index (χ1v) is 7.51. The molecule has 21 heavy (non-hydrogen) atoms. The smallest absolute Gasteiger partial charge is 0.273 e. The molecule has 0 aromatic carbocycles. The molecule has 10 heteroatoms. The predicted octanol–water partition coefficient (Wildman–Crippen LogP) is -0.378. The van der Waals surface area contributed by atoms with E-state index >= 15 is 0 Å². The van der Waals surface area contributed by atoms with E-state index in [1.165, 1.54) is 28.8 Å². The zero-order valence-corrected chi connectivity index (χ0v) is 12.9. The summed E-state index contributed by atoms with van der Waals surface area (Å²) >= 11 is 0. The Balaban J connectivity index is 2.42. The fourth-order valence-electron chi connectivity index (χ4n) is 1.89. The van der Waals surface area contributed by atoms with Gasteiger partial charge < -0.3 is 5.32 Å². The summed E-state index contributed by atoms with van der Waals surface area (Å²) in [7, 11) is 0.832. The Hall–Kier alpha value is -2.36. The van der Waals surface area contributed by atoms with Crippen LogP contribution in [0.25, 0.3) is 0 Å². The number of hydrogen-bond donors (Lipinski definition) is 2. The molecule has 1 amide bonds. The van der Waals surface area contributed by atoms with Gasteiger partial charge in [-0.1, -0.05) is 0 Å². The molecule has 0 atom stereocenters. The summed E-state index contributed by atoms with van der Waals surface area (Å²) in [6.07, 6.45) is 2.82. The van der Waals surface area contributed by atoms with E-state index in [1.54, 1.807) is 21.0 Å². The summed E-state index contributed by atoms with van der Waals surface area (Å²) in [6.45, 7) is 1.59. The van der Waals surface area contributed by atoms with Gasteiger partial charge >= 0.3 is 0 Å². The number of aromatic nitrogens is 4. The molecule has 0 aliphatic carbocycles. The topological polar surface area (TPSA) is 111 Å². The second kappa shape index (κ2) is 5.20. The van der Waals surface area contributed by atoms with Gasteiger partial charge in [-0.2, -0.15) is 10.2 Å². The van der Waals surface area contributed by atoms with E-state index < -0.39 is 15.9 Å². The highest BCUT2D eigenvalue weighted by atomic mass is 32.2. The molecule has 0 aliphatic heterocycles. The molecule has 2 aromatic heterocycles. The summed E-state index contributed by atoms with van der Waals surface area (Å²) in [6, 6.07) is 0. The third kappa shape index (κ3) is 2.89. The Bertz CT molecular complexity index is 789. The van der Waals surface area contributed by atoms with Crippen molar-refractivity contribution in [3.63, 3.8) is 0 Å². The summed E-state index contributed by atoms with van der Waals surface area (Å²) in [5, 5.41) is 10.3. The minimum absolute atomic E-state index is 0.00474. The minimum Gasteiger partial charge on any atom is -0.354 e. The highest BCUT2D eigenvalue weighted by Crippen LogP contribution is 2.20. The summed E-state index contributed by atoms with van der Waals surface area (Å²) in [5.41, 5.74) is 0.487. The molecule has 0 saturated carbocycles. The van der Waals surface area contributed by atoms with Gasteiger partial charge in [-0.05, 0) is 6.92 Å². The SMILES string of the molecule is CNC(=O)c1nn(C)cc1NS(=O)(=O)c1cn(C)nc1C. The predicted molar refractivity (Wildman–Crippen MR) is 75.4 cm³/mol. The molecule has 0 radical (unpaired) electrons. The Morgan fingerprint density at radius 3 is 2.33 bits per heavy atom. The van der Waals surface area contributed by atoms with Gasteiger partial charge in [0.1, 0.15) is 4.90 Å². The molecule has 0 saturated heterocycles. The minimum atomic E-state index is -3.84. The number of rotatable bonds is 4. The van der Waals surface area contributed by atoms with Gasteiger partial charge in [0.2, 0.25) is 0 Å². The van der Waals surface area contributed by atoms with Crippen LogP contribution >= 0.6 is 0 Å². The Morgan fingerprint density at radius 2 is 1.81 bits per heavy atom. The van der Waals surface area contributed by atoms with Crippen LogP contribution in [-0.4, -0.2) is 40.9 Å². The van der Waals surface area contributed by atoms with Gasteiger partial charge in [-0.3, -0.25) is 18.9 Å². The van der Waals surface area contributed by atoms with Gasteiger partial charge in [-0.25, -0.2) is 8.42 Å². The maximum Gasteiger partial charge on any atom is 0.273 e. The van der Waals surface area contributed by atoms with Gasteiger partial charge in [0.15, 0.2) is 5.69 Å². The van der Waals surface area contributed by atoms with Crippen molar-refractivity contribution >= 4 is 21.6 Å². The largest absolute Gasteiger partial charge is 0.354 e. The lowest BCUT2D eigenvalue weighted by molar-refractivity contribution is 0.0958. The third-order valence-corrected chi connectivity index (χ3v) is 4.24. The average molecular weight is 312 g/mol. The average Bonchev–Trinajstić information content (AvgIpc) is 2.91. The van der Waals surface area contributed by atoms with Crippen LogP contribution in [0.4, 0.5) is 5.69 Å². The van der Waals surface area contributed by atoms with Crippen molar-refractivity contribution < 1.29 is 13.2 Å². The lowest BCUT2D eigenvalue weighted by Gasteiger charge is -2.06. The van der Waals surface area contributed by atoms with E-state index in [4.69, 9.17) is 0 Å². The Morgan fingerprint density at radius 1 is 1.19 bits per heavy atom. The number of carbonyl (C=O) groups excluding carboxylic acids is 1. The number of nitrogens with zero attached hydrogens (tertiary/aromatic N) is 4. The standard InChI is InChI=1S/C11H16N6O3S/c1-7-9(6-17(4)13-7)21(19,20)15-8-5-16(3)14-10(8)11(18)12-2/h5-6,15H,1-4H3,(H,12,18). The van der Waals surface area contributed by atoms with E-state index in [0.29, 0.717) is 5.69 Å². The molecule has 2 rings (SSSR count). The normalized spacial score (nSPS) is 11.4. The van der Waals surface area contributed by atoms with Crippen molar-refractivity contribution in [3.8, 4) is 0 Å². The zero-order chi connectivity index (χ0) is 15.8. The van der Waals surface area contributed by atoms with Gasteiger partial charge in [-0.15, -0.1) is 0 Å². The molecule has 2 heterocycles. The molecular weight excluding hydrogens is 296 g/mol. The van der Waals surface area contributed by atoms with E-state index in [1.807, 2.05) is 0 Å². The van der Waals surface area contributed by atoms with Crippen LogP contribution < -0.4 is 10.0 Å². The lowest BCUT2D eigenvalue weighted by Crippen LogP contribution is -2.21. The number of nitrogens with one attached hydrogen (secondary N) is 2. The molecule has 0 fully saturated rings. The Kier molecular flexibility index (Phi) is 3.73. The number of anilines is 1. The maximum atomic E-state index is 12.4. The Labute approximate surface area is 122 Å². The first kappa shape index (κ1) is 15.0. The number of aryl methyl sites for hydroxylation is 3. The highest BCUT2D eigenvalue weighted by Gasteiger charge is 2.24. The van der Waals surface area contributed by atoms with E-state index in [9.17, 15) is 13.2 Å². The molecule has 0 unspecified atom stereocenters. The van der Waals surface area contributed by atoms with Crippen molar-refractivity contribution in [3.05, 3.63) is 23.8 Å². The van der Waals surface area contributed by atoms with Crippen LogP contribution in [0.15, 0.2) is 17.3 Å². The van der Waals surface area contributed by atoms with Crippen LogP contribution in [0, 0.1) is 6.92 Å². The second-order valence-corrected chi connectivity index (χ2v) is 6.15. The van der Waals surface area contributed by atoms with Gasteiger partial charge in [0, 0.05) is 33.5 Å². The molecule has 0 spiro atoms. The fraction of sp³-hybridized carbons (Fsp3) is 0.364. The molecular formula is C11H16N6O3S. The molecule has 0 bridgehead atoms. The summed E-state index contributed by atoms with van der Waals surface area (Å²) < 4.78 is 29.9. The van der Waals surface area contributed by atoms with Crippen LogP contribution in [0.3, 0.4) is 0 Å². The van der Waals surface area contributed by atoms with Crippen molar-refractivity contribution in [1.29, 1.82) is 0 Å². The summed E-state index contributed by atoms with van der Waals surface area (Å²) in [5.74, 6) is -0.476. The van der Waals surface area contributed by atoms with Crippen molar-refractivity contribution in [1.82, 2.24) is 24.9 Å². The second-order valence-electron chi connectivity index (χ2n) is 4.50. The van der Waals surface area contributed by atoms with Gasteiger partial charge in [0.25, 0.3) is 15.9 Å². The molecule has 114 valence electrons. The quantitative estimate of drug-likeness (QED) is 0.799. The van der Waals surface area contributed by atoms with Crippen LogP contribution in [0.2, 0.25) is 0 Å².